The molecule has 1 heterocycles. The van der Waals surface area contributed by atoms with Gasteiger partial charge in [0.05, 0.1) is 6.04 Å². The van der Waals surface area contributed by atoms with Gasteiger partial charge in [0.15, 0.2) is 0 Å². The van der Waals surface area contributed by atoms with Crippen molar-refractivity contribution < 1.29 is 18.3 Å². The molecule has 4 rings (SSSR count). The van der Waals surface area contributed by atoms with Crippen LogP contribution in [0.15, 0.2) is 85.5 Å². The highest BCUT2D eigenvalue weighted by Crippen LogP contribution is 2.40. The number of nitrogens with zero attached hydrogens (tertiary/aromatic N) is 1. The molecular weight excluding hydrogens is 408 g/mol. The van der Waals surface area contributed by atoms with Crippen molar-refractivity contribution in [3.8, 4) is 11.1 Å². The highest BCUT2D eigenvalue weighted by molar-refractivity contribution is 5.70. The first kappa shape index (κ1) is 21.8. The number of benzene rings is 3. The summed E-state index contributed by atoms with van der Waals surface area (Å²) in [5.74, 6) is -0.632. The van der Waals surface area contributed by atoms with Crippen molar-refractivity contribution in [2.24, 2.45) is 0 Å². The van der Waals surface area contributed by atoms with Crippen LogP contribution in [-0.2, 0) is 10.3 Å². The smallest absolute Gasteiger partial charge is 0.411 e. The molecule has 164 valence electrons. The minimum atomic E-state index is -0.913. The third-order valence-corrected chi connectivity index (χ3v) is 6.14. The Bertz CT molecular complexity index is 1110. The molecule has 0 saturated carbocycles. The second kappa shape index (κ2) is 8.95. The number of carbonyl (C=O) groups excluding carboxylic acids is 1. The lowest BCUT2D eigenvalue weighted by Crippen LogP contribution is -2.48. The van der Waals surface area contributed by atoms with Gasteiger partial charge in [-0.05, 0) is 53.4 Å². The van der Waals surface area contributed by atoms with Gasteiger partial charge in [-0.1, -0.05) is 54.6 Å². The van der Waals surface area contributed by atoms with Gasteiger partial charge in [-0.2, -0.15) is 0 Å². The van der Waals surface area contributed by atoms with Crippen LogP contribution in [-0.4, -0.2) is 17.5 Å². The van der Waals surface area contributed by atoms with Crippen molar-refractivity contribution >= 4 is 6.09 Å². The third-order valence-electron chi connectivity index (χ3n) is 6.14. The summed E-state index contributed by atoms with van der Waals surface area (Å²) in [5.41, 5.74) is 2.59. The number of halogens is 2. The average molecular weight is 433 g/mol. The van der Waals surface area contributed by atoms with E-state index in [1.165, 1.54) is 24.3 Å². The van der Waals surface area contributed by atoms with E-state index in [0.717, 1.165) is 16.7 Å². The third kappa shape index (κ3) is 4.28. The molecule has 1 fully saturated rings. The number of amides is 1. The summed E-state index contributed by atoms with van der Waals surface area (Å²) in [4.78, 5) is 14.7. The van der Waals surface area contributed by atoms with Crippen LogP contribution in [0, 0.1) is 11.6 Å². The average Bonchev–Trinajstić information content (AvgIpc) is 2.80. The molecule has 1 amide bonds. The first-order chi connectivity index (χ1) is 15.4. The highest BCUT2D eigenvalue weighted by Gasteiger charge is 2.42. The minimum Gasteiger partial charge on any atom is -0.437 e. The fourth-order valence-electron chi connectivity index (χ4n) is 4.27. The number of rotatable bonds is 6. The van der Waals surface area contributed by atoms with Crippen molar-refractivity contribution in [3.05, 3.63) is 108 Å². The van der Waals surface area contributed by atoms with Crippen LogP contribution in [0.2, 0.25) is 0 Å². The molecule has 0 aliphatic carbocycles. The zero-order valence-electron chi connectivity index (χ0n) is 17.9. The predicted octanol–water partition coefficient (Wildman–Crippen LogP) is 7.01. The topological polar surface area (TPSA) is 29.5 Å². The van der Waals surface area contributed by atoms with E-state index in [4.69, 9.17) is 4.74 Å². The normalized spacial score (nSPS) is 19.3. The minimum absolute atomic E-state index is 0.195. The van der Waals surface area contributed by atoms with Gasteiger partial charge in [-0.15, -0.1) is 6.58 Å². The first-order valence-corrected chi connectivity index (χ1v) is 10.6. The van der Waals surface area contributed by atoms with E-state index in [9.17, 15) is 13.6 Å². The number of hydrogen-bond acceptors (Lipinski definition) is 2. The molecule has 2 atom stereocenters. The molecular formula is C27H25F2NO2. The summed E-state index contributed by atoms with van der Waals surface area (Å²) in [6.45, 7) is 6.22. The van der Waals surface area contributed by atoms with Gasteiger partial charge >= 0.3 is 6.09 Å². The molecule has 32 heavy (non-hydrogen) atoms. The quantitative estimate of drug-likeness (QED) is 0.392. The molecule has 5 heteroatoms. The lowest BCUT2D eigenvalue weighted by Gasteiger charge is -2.43. The van der Waals surface area contributed by atoms with E-state index < -0.39 is 11.7 Å². The molecule has 0 spiro atoms. The Morgan fingerprint density at radius 2 is 1.69 bits per heavy atom. The monoisotopic (exact) mass is 433 g/mol. The fourth-order valence-corrected chi connectivity index (χ4v) is 4.27. The van der Waals surface area contributed by atoms with Gasteiger partial charge in [0, 0.05) is 19.4 Å². The predicted molar refractivity (Wildman–Crippen MR) is 121 cm³/mol. The molecule has 3 aromatic carbocycles. The summed E-state index contributed by atoms with van der Waals surface area (Å²) < 4.78 is 32.9. The van der Waals surface area contributed by atoms with Crippen molar-refractivity contribution in [2.45, 2.75) is 31.4 Å². The molecule has 1 unspecified atom stereocenters. The van der Waals surface area contributed by atoms with E-state index in [2.05, 4.69) is 6.58 Å². The van der Waals surface area contributed by atoms with Gasteiger partial charge < -0.3 is 9.64 Å². The van der Waals surface area contributed by atoms with Gasteiger partial charge in [0.1, 0.15) is 17.2 Å². The highest BCUT2D eigenvalue weighted by atomic mass is 19.1. The Balaban J connectivity index is 1.52. The van der Waals surface area contributed by atoms with Crippen molar-refractivity contribution in [2.75, 3.05) is 6.54 Å². The van der Waals surface area contributed by atoms with Crippen LogP contribution in [0.1, 0.15) is 36.9 Å². The summed E-state index contributed by atoms with van der Waals surface area (Å²) in [6, 6.07) is 20.2. The van der Waals surface area contributed by atoms with Crippen molar-refractivity contribution in [3.63, 3.8) is 0 Å². The second-order valence-corrected chi connectivity index (χ2v) is 8.11. The molecule has 1 aliphatic heterocycles. The van der Waals surface area contributed by atoms with Gasteiger partial charge in [-0.25, -0.2) is 13.6 Å². The molecule has 1 aliphatic rings. The number of carbonyl (C=O) groups is 1. The van der Waals surface area contributed by atoms with E-state index in [1.54, 1.807) is 35.2 Å². The molecule has 3 nitrogen and oxygen atoms in total. The maximum Gasteiger partial charge on any atom is 0.411 e. The van der Waals surface area contributed by atoms with E-state index in [1.807, 2.05) is 31.2 Å². The zero-order valence-corrected chi connectivity index (χ0v) is 17.9. The van der Waals surface area contributed by atoms with Crippen LogP contribution in [0.25, 0.3) is 11.1 Å². The van der Waals surface area contributed by atoms with E-state index >= 15 is 0 Å². The largest absolute Gasteiger partial charge is 0.437 e. The molecule has 1 saturated heterocycles. The Labute approximate surface area is 187 Å². The van der Waals surface area contributed by atoms with Crippen molar-refractivity contribution in [1.29, 1.82) is 0 Å². The van der Waals surface area contributed by atoms with Gasteiger partial charge in [0.2, 0.25) is 0 Å². The Hall–Kier alpha value is -3.47. The molecule has 0 bridgehead atoms. The standard InChI is InChI=1S/C27H25F2NO2/c1-3-15-27(23-5-4-6-25(29)18-23)16-17-30(26(31)32-27)19(2)20-7-9-21(10-8-20)22-11-13-24(28)14-12-22/h3-14,18-19H,1,15-17H2,2H3/t19-,27?/m0/s1. The molecule has 0 aromatic heterocycles. The summed E-state index contributed by atoms with van der Waals surface area (Å²) in [6.07, 6.45) is 2.21. The molecule has 0 N–H and O–H groups in total. The maximum absolute atomic E-state index is 13.8. The Morgan fingerprint density at radius 3 is 2.28 bits per heavy atom. The fraction of sp³-hybridized carbons (Fsp3) is 0.222. The van der Waals surface area contributed by atoms with E-state index in [-0.39, 0.29) is 17.7 Å². The van der Waals surface area contributed by atoms with Crippen LogP contribution in [0.5, 0.6) is 0 Å². The SMILES string of the molecule is C=CCC1(c2cccc(F)c2)CCN([C@@H](C)c2ccc(-c3ccc(F)cc3)cc2)C(=O)O1. The van der Waals surface area contributed by atoms with Gasteiger partial charge in [-0.3, -0.25) is 0 Å². The van der Waals surface area contributed by atoms with Crippen LogP contribution in [0.4, 0.5) is 13.6 Å². The van der Waals surface area contributed by atoms with Crippen LogP contribution >= 0.6 is 0 Å². The van der Waals surface area contributed by atoms with Gasteiger partial charge in [0.25, 0.3) is 0 Å². The lowest BCUT2D eigenvalue weighted by molar-refractivity contribution is -0.0590. The Kier molecular flexibility index (Phi) is 6.08. The number of cyclic esters (lactones) is 1. The second-order valence-electron chi connectivity index (χ2n) is 8.11. The number of hydrogen-bond donors (Lipinski definition) is 0. The summed E-state index contributed by atoms with van der Waals surface area (Å²) in [7, 11) is 0. The molecule has 0 radical (unpaired) electrons. The zero-order chi connectivity index (χ0) is 22.7. The summed E-state index contributed by atoms with van der Waals surface area (Å²) >= 11 is 0. The summed E-state index contributed by atoms with van der Waals surface area (Å²) in [5, 5.41) is 0. The Morgan fingerprint density at radius 1 is 1.03 bits per heavy atom. The van der Waals surface area contributed by atoms with Crippen molar-refractivity contribution in [1.82, 2.24) is 4.90 Å². The van der Waals surface area contributed by atoms with Crippen LogP contribution < -0.4 is 0 Å². The lowest BCUT2D eigenvalue weighted by atomic mass is 9.85. The van der Waals surface area contributed by atoms with E-state index in [0.29, 0.717) is 24.9 Å². The maximum atomic E-state index is 13.8. The van der Waals surface area contributed by atoms with Crippen LogP contribution in [0.3, 0.4) is 0 Å². The molecule has 3 aromatic rings. The number of ether oxygens (including phenoxy) is 1. The first-order valence-electron chi connectivity index (χ1n) is 10.6.